The fourth-order valence-corrected chi connectivity index (χ4v) is 3.23. The van der Waals surface area contributed by atoms with Gasteiger partial charge in [0.2, 0.25) is 5.91 Å². The van der Waals surface area contributed by atoms with Crippen LogP contribution in [0.5, 0.6) is 0 Å². The number of imide groups is 1. The molecule has 1 saturated heterocycles. The van der Waals surface area contributed by atoms with E-state index in [4.69, 9.17) is 11.6 Å². The first-order chi connectivity index (χ1) is 14.5. The number of hydrogen-bond donors (Lipinski definition) is 2. The molecule has 3 rings (SSSR count). The van der Waals surface area contributed by atoms with E-state index >= 15 is 0 Å². The third-order valence-corrected chi connectivity index (χ3v) is 4.88. The molecule has 4 amide bonds. The highest BCUT2D eigenvalue weighted by molar-refractivity contribution is 6.31. The normalized spacial score (nSPS) is 17.9. The van der Waals surface area contributed by atoms with Crippen LogP contribution in [0.3, 0.4) is 0 Å². The number of nitrogens with zero attached hydrogens (tertiary/aromatic N) is 3. The number of nitro groups is 2. The third-order valence-electron chi connectivity index (χ3n) is 4.64. The number of carbonyl (C=O) groups is 3. The Labute approximate surface area is 179 Å². The van der Waals surface area contributed by atoms with E-state index in [9.17, 15) is 34.6 Å². The van der Waals surface area contributed by atoms with Crippen LogP contribution in [0.2, 0.25) is 5.02 Å². The Balaban J connectivity index is 1.81. The first-order valence-corrected chi connectivity index (χ1v) is 9.03. The summed E-state index contributed by atoms with van der Waals surface area (Å²) in [6.45, 7) is 0.628. The van der Waals surface area contributed by atoms with Crippen LogP contribution in [0, 0.1) is 20.2 Å². The number of hydrogen-bond acceptors (Lipinski definition) is 7. The van der Waals surface area contributed by atoms with E-state index in [1.54, 1.807) is 0 Å². The molecule has 0 bridgehead atoms. The second-order valence-electron chi connectivity index (χ2n) is 6.72. The van der Waals surface area contributed by atoms with E-state index in [1.807, 2.05) is 0 Å². The predicted molar refractivity (Wildman–Crippen MR) is 107 cm³/mol. The number of nitro benzene ring substituents is 2. The summed E-state index contributed by atoms with van der Waals surface area (Å²) in [5.41, 5.74) is -2.36. The summed E-state index contributed by atoms with van der Waals surface area (Å²) < 4.78 is 0. The maximum Gasteiger partial charge on any atom is 0.325 e. The number of non-ortho nitro benzene ring substituents is 1. The summed E-state index contributed by atoms with van der Waals surface area (Å²) in [7, 11) is 0. The summed E-state index contributed by atoms with van der Waals surface area (Å²) >= 11 is 5.73. The van der Waals surface area contributed by atoms with Crippen molar-refractivity contribution >= 4 is 46.5 Å². The van der Waals surface area contributed by atoms with Gasteiger partial charge in [-0.05, 0) is 24.6 Å². The van der Waals surface area contributed by atoms with Gasteiger partial charge in [-0.3, -0.25) is 34.7 Å². The highest BCUT2D eigenvalue weighted by atomic mass is 35.5. The molecule has 1 aliphatic heterocycles. The van der Waals surface area contributed by atoms with Gasteiger partial charge >= 0.3 is 6.03 Å². The second kappa shape index (κ2) is 7.99. The average Bonchev–Trinajstić information content (AvgIpc) is 2.93. The molecule has 31 heavy (non-hydrogen) atoms. The standard InChI is InChI=1S/C18H14ClN5O7/c1-18(10-3-2-4-12(7-10)23(28)29)16(26)22(17(27)21-18)9-15(25)20-13-6-5-11(19)8-14(13)24(30)31/h2-8H,9H2,1H3,(H,20,25)(H,21,27). The number of nitrogens with one attached hydrogen (secondary N) is 2. The van der Waals surface area contributed by atoms with Crippen LogP contribution >= 0.6 is 11.6 Å². The monoisotopic (exact) mass is 447 g/mol. The van der Waals surface area contributed by atoms with Gasteiger partial charge in [0.25, 0.3) is 17.3 Å². The zero-order valence-corrected chi connectivity index (χ0v) is 16.6. The SMILES string of the molecule is CC1(c2cccc([N+](=O)[O-])c2)NC(=O)N(CC(=O)Nc2ccc(Cl)cc2[N+](=O)[O-])C1=O. The van der Waals surface area contributed by atoms with Crippen molar-refractivity contribution in [2.24, 2.45) is 0 Å². The van der Waals surface area contributed by atoms with Crippen molar-refractivity contribution in [3.8, 4) is 0 Å². The summed E-state index contributed by atoms with van der Waals surface area (Å²) in [4.78, 5) is 59.0. The van der Waals surface area contributed by atoms with Crippen molar-refractivity contribution in [3.05, 3.63) is 73.3 Å². The molecule has 2 N–H and O–H groups in total. The van der Waals surface area contributed by atoms with Gasteiger partial charge in [-0.25, -0.2) is 4.79 Å². The number of benzene rings is 2. The van der Waals surface area contributed by atoms with Crippen molar-refractivity contribution in [1.82, 2.24) is 10.2 Å². The molecule has 1 fully saturated rings. The zero-order chi connectivity index (χ0) is 22.9. The molecule has 12 nitrogen and oxygen atoms in total. The lowest BCUT2D eigenvalue weighted by Gasteiger charge is -2.22. The number of halogens is 1. The largest absolute Gasteiger partial charge is 0.325 e. The summed E-state index contributed by atoms with van der Waals surface area (Å²) in [6.07, 6.45) is 0. The molecule has 0 radical (unpaired) electrons. The third kappa shape index (κ3) is 4.14. The minimum atomic E-state index is -1.63. The molecule has 0 aromatic heterocycles. The van der Waals surface area contributed by atoms with Gasteiger partial charge in [-0.2, -0.15) is 0 Å². The first kappa shape index (κ1) is 21.6. The van der Waals surface area contributed by atoms with Crippen LogP contribution in [0.15, 0.2) is 42.5 Å². The summed E-state index contributed by atoms with van der Waals surface area (Å²) in [5.74, 6) is -1.67. The van der Waals surface area contributed by atoms with Gasteiger partial charge in [0.15, 0.2) is 0 Å². The number of anilines is 1. The van der Waals surface area contributed by atoms with E-state index in [0.29, 0.717) is 4.90 Å². The molecule has 1 atom stereocenters. The van der Waals surface area contributed by atoms with Gasteiger partial charge in [0, 0.05) is 23.2 Å². The molecule has 1 heterocycles. The van der Waals surface area contributed by atoms with Gasteiger partial charge < -0.3 is 10.6 Å². The molecular formula is C18H14ClN5O7. The lowest BCUT2D eigenvalue weighted by molar-refractivity contribution is -0.385. The van der Waals surface area contributed by atoms with Crippen molar-refractivity contribution < 1.29 is 24.2 Å². The summed E-state index contributed by atoms with van der Waals surface area (Å²) in [6, 6.07) is 7.90. The molecule has 0 spiro atoms. The maximum atomic E-state index is 12.9. The average molecular weight is 448 g/mol. The minimum Gasteiger partial charge on any atom is -0.319 e. The van der Waals surface area contributed by atoms with Gasteiger partial charge in [-0.1, -0.05) is 23.7 Å². The second-order valence-corrected chi connectivity index (χ2v) is 7.16. The van der Waals surface area contributed by atoms with Crippen LogP contribution < -0.4 is 10.6 Å². The Kier molecular flexibility index (Phi) is 5.58. The molecule has 2 aromatic rings. The van der Waals surface area contributed by atoms with Crippen LogP contribution in [0.25, 0.3) is 0 Å². The fraction of sp³-hybridized carbons (Fsp3) is 0.167. The van der Waals surface area contributed by atoms with Gasteiger partial charge in [0.05, 0.1) is 9.85 Å². The first-order valence-electron chi connectivity index (χ1n) is 8.66. The smallest absolute Gasteiger partial charge is 0.319 e. The van der Waals surface area contributed by atoms with E-state index in [-0.39, 0.29) is 22.0 Å². The molecular weight excluding hydrogens is 434 g/mol. The Morgan fingerprint density at radius 1 is 1.16 bits per heavy atom. The molecule has 0 aliphatic carbocycles. The maximum absolute atomic E-state index is 12.9. The van der Waals surface area contributed by atoms with Crippen LogP contribution in [0.1, 0.15) is 12.5 Å². The lowest BCUT2D eigenvalue weighted by atomic mass is 9.91. The Morgan fingerprint density at radius 3 is 2.52 bits per heavy atom. The van der Waals surface area contributed by atoms with Crippen LogP contribution in [0.4, 0.5) is 21.9 Å². The molecule has 2 aromatic carbocycles. The van der Waals surface area contributed by atoms with Crippen molar-refractivity contribution in [3.63, 3.8) is 0 Å². The lowest BCUT2D eigenvalue weighted by Crippen LogP contribution is -2.42. The van der Waals surface area contributed by atoms with E-state index in [1.165, 1.54) is 37.3 Å². The Bertz CT molecular complexity index is 1140. The number of rotatable bonds is 6. The molecule has 160 valence electrons. The Morgan fingerprint density at radius 2 is 1.87 bits per heavy atom. The van der Waals surface area contributed by atoms with E-state index in [0.717, 1.165) is 12.1 Å². The fourth-order valence-electron chi connectivity index (χ4n) is 3.06. The predicted octanol–water partition coefficient (Wildman–Crippen LogP) is 2.56. The van der Waals surface area contributed by atoms with Crippen molar-refractivity contribution in [2.75, 3.05) is 11.9 Å². The summed E-state index contributed by atoms with van der Waals surface area (Å²) in [5, 5.41) is 26.9. The number of urea groups is 1. The molecule has 0 saturated carbocycles. The van der Waals surface area contributed by atoms with Crippen molar-refractivity contribution in [1.29, 1.82) is 0 Å². The van der Waals surface area contributed by atoms with Crippen LogP contribution in [-0.4, -0.2) is 39.1 Å². The zero-order valence-electron chi connectivity index (χ0n) is 15.8. The van der Waals surface area contributed by atoms with Gasteiger partial charge in [0.1, 0.15) is 17.8 Å². The molecule has 1 unspecified atom stereocenters. The highest BCUT2D eigenvalue weighted by Gasteiger charge is 2.49. The number of carbonyl (C=O) groups excluding carboxylic acids is 3. The van der Waals surface area contributed by atoms with Crippen LogP contribution in [-0.2, 0) is 15.1 Å². The quantitative estimate of drug-likeness (QED) is 0.390. The highest BCUT2D eigenvalue weighted by Crippen LogP contribution is 2.31. The Hall–Kier alpha value is -4.06. The number of amides is 4. The topological polar surface area (TPSA) is 165 Å². The van der Waals surface area contributed by atoms with Crippen molar-refractivity contribution in [2.45, 2.75) is 12.5 Å². The van der Waals surface area contributed by atoms with E-state index < -0.39 is 45.5 Å². The molecule has 1 aliphatic rings. The molecule has 13 heteroatoms. The minimum absolute atomic E-state index is 0.0894. The van der Waals surface area contributed by atoms with Gasteiger partial charge in [-0.15, -0.1) is 0 Å². The van der Waals surface area contributed by atoms with E-state index in [2.05, 4.69) is 10.6 Å².